The fraction of sp³-hybridized carbons (Fsp3) is 0.308. The minimum absolute atomic E-state index is 0.239. The molecule has 2 aromatic rings. The molecule has 0 fully saturated rings. The number of fused-ring (bicyclic) bond motifs is 1. The number of rotatable bonds is 4. The van der Waals surface area contributed by atoms with Crippen molar-refractivity contribution in [3.8, 4) is 0 Å². The third kappa shape index (κ3) is 3.29. The maximum Gasteiger partial charge on any atom is 0.406 e. The Morgan fingerprint density at radius 1 is 1.30 bits per heavy atom. The van der Waals surface area contributed by atoms with Gasteiger partial charge in [-0.25, -0.2) is 0 Å². The first-order chi connectivity index (χ1) is 9.42. The van der Waals surface area contributed by atoms with Gasteiger partial charge >= 0.3 is 6.18 Å². The zero-order valence-electron chi connectivity index (χ0n) is 10.4. The lowest BCUT2D eigenvalue weighted by Crippen LogP contribution is -2.40. The molecule has 0 bridgehead atoms. The average molecular weight is 303 g/mol. The topological polar surface area (TPSA) is 40.5 Å². The maximum absolute atomic E-state index is 12.5. The van der Waals surface area contributed by atoms with Gasteiger partial charge in [0.1, 0.15) is 6.54 Å². The molecule has 0 radical (unpaired) electrons. The Hall–Kier alpha value is -1.60. The predicted molar refractivity (Wildman–Crippen MR) is 70.9 cm³/mol. The second kappa shape index (κ2) is 5.80. The summed E-state index contributed by atoms with van der Waals surface area (Å²) in [5, 5.41) is 11.0. The molecule has 1 amide bonds. The molecule has 0 aliphatic rings. The number of carbonyl (C=O) groups excluding carboxylic acids is 1. The van der Waals surface area contributed by atoms with Crippen LogP contribution in [0.5, 0.6) is 0 Å². The summed E-state index contributed by atoms with van der Waals surface area (Å²) in [6.45, 7) is -2.22. The van der Waals surface area contributed by atoms with Gasteiger partial charge in [-0.05, 0) is 6.07 Å². The number of hydrogen-bond acceptors (Lipinski definition) is 3. The summed E-state index contributed by atoms with van der Waals surface area (Å²) < 4.78 is 38.3. The molecular formula is C13H12F3NO2S. The monoisotopic (exact) mass is 303 g/mol. The molecule has 2 rings (SSSR count). The Kier molecular flexibility index (Phi) is 4.29. The first-order valence-electron chi connectivity index (χ1n) is 5.85. The molecule has 0 unspecified atom stereocenters. The number of aliphatic hydroxyl groups excluding tert-OH is 1. The van der Waals surface area contributed by atoms with Crippen molar-refractivity contribution in [2.24, 2.45) is 0 Å². The van der Waals surface area contributed by atoms with Crippen LogP contribution in [0.4, 0.5) is 13.2 Å². The minimum Gasteiger partial charge on any atom is -0.395 e. The van der Waals surface area contributed by atoms with Gasteiger partial charge in [0.05, 0.1) is 12.2 Å². The molecule has 0 aliphatic heterocycles. The number of carbonyl (C=O) groups is 1. The van der Waals surface area contributed by atoms with E-state index in [1.54, 1.807) is 29.6 Å². The van der Waals surface area contributed by atoms with Gasteiger partial charge in [0.25, 0.3) is 5.91 Å². The van der Waals surface area contributed by atoms with Gasteiger partial charge in [0.2, 0.25) is 0 Å². The SMILES string of the molecule is O=C(c1csc2ccccc12)N(CCO)CC(F)(F)F. The Morgan fingerprint density at radius 2 is 2.00 bits per heavy atom. The van der Waals surface area contributed by atoms with Crippen LogP contribution in [0.15, 0.2) is 29.6 Å². The molecule has 0 aliphatic carbocycles. The smallest absolute Gasteiger partial charge is 0.395 e. The average Bonchev–Trinajstić information content (AvgIpc) is 2.79. The standard InChI is InChI=1S/C13H12F3NO2S/c14-13(15,16)8-17(5-6-18)12(19)10-7-20-11-4-2-1-3-9(10)11/h1-4,7,18H,5-6,8H2. The van der Waals surface area contributed by atoms with Crippen molar-refractivity contribution in [1.82, 2.24) is 4.90 Å². The molecule has 1 aromatic carbocycles. The number of alkyl halides is 3. The van der Waals surface area contributed by atoms with E-state index in [0.29, 0.717) is 10.3 Å². The largest absolute Gasteiger partial charge is 0.406 e. The second-order valence-electron chi connectivity index (χ2n) is 4.21. The number of halogens is 3. The van der Waals surface area contributed by atoms with Gasteiger partial charge in [-0.2, -0.15) is 13.2 Å². The zero-order chi connectivity index (χ0) is 14.8. The predicted octanol–water partition coefficient (Wildman–Crippen LogP) is 2.90. The van der Waals surface area contributed by atoms with Crippen LogP contribution in [0, 0.1) is 0 Å². The lowest BCUT2D eigenvalue weighted by Gasteiger charge is -2.22. The number of nitrogens with zero attached hydrogens (tertiary/aromatic N) is 1. The number of thiophene rings is 1. The number of hydrogen-bond donors (Lipinski definition) is 1. The number of amides is 1. The van der Waals surface area contributed by atoms with Crippen molar-refractivity contribution in [1.29, 1.82) is 0 Å². The van der Waals surface area contributed by atoms with Crippen LogP contribution >= 0.6 is 11.3 Å². The lowest BCUT2D eigenvalue weighted by molar-refractivity contribution is -0.141. The zero-order valence-corrected chi connectivity index (χ0v) is 11.2. The van der Waals surface area contributed by atoms with Crippen molar-refractivity contribution in [3.05, 3.63) is 35.2 Å². The van der Waals surface area contributed by atoms with Crippen LogP contribution in [-0.4, -0.2) is 41.8 Å². The summed E-state index contributed by atoms with van der Waals surface area (Å²) in [5.74, 6) is -0.714. The van der Waals surface area contributed by atoms with Crippen LogP contribution in [0.1, 0.15) is 10.4 Å². The van der Waals surface area contributed by atoms with Crippen LogP contribution in [0.3, 0.4) is 0 Å². The Balaban J connectivity index is 2.31. The van der Waals surface area contributed by atoms with E-state index < -0.39 is 25.2 Å². The fourth-order valence-corrected chi connectivity index (χ4v) is 2.84. The molecule has 3 nitrogen and oxygen atoms in total. The highest BCUT2D eigenvalue weighted by molar-refractivity contribution is 7.17. The summed E-state index contributed by atoms with van der Waals surface area (Å²) in [4.78, 5) is 12.8. The number of benzene rings is 1. The molecule has 20 heavy (non-hydrogen) atoms. The van der Waals surface area contributed by atoms with E-state index in [0.717, 1.165) is 4.70 Å². The fourth-order valence-electron chi connectivity index (χ4n) is 1.90. The summed E-state index contributed by atoms with van der Waals surface area (Å²) in [6, 6.07) is 7.03. The Morgan fingerprint density at radius 3 is 2.65 bits per heavy atom. The highest BCUT2D eigenvalue weighted by Crippen LogP contribution is 2.27. The van der Waals surface area contributed by atoms with Crippen molar-refractivity contribution >= 4 is 27.3 Å². The molecule has 1 N–H and O–H groups in total. The summed E-state index contributed by atoms with van der Waals surface area (Å²) in [6.07, 6.45) is -4.49. The normalized spacial score (nSPS) is 11.8. The van der Waals surface area contributed by atoms with Gasteiger partial charge in [-0.3, -0.25) is 4.79 Å². The second-order valence-corrected chi connectivity index (χ2v) is 5.12. The minimum atomic E-state index is -4.49. The summed E-state index contributed by atoms with van der Waals surface area (Å²) in [5.41, 5.74) is 0.239. The van der Waals surface area contributed by atoms with Crippen molar-refractivity contribution in [3.63, 3.8) is 0 Å². The Labute approximate surface area is 117 Å². The summed E-state index contributed by atoms with van der Waals surface area (Å²) >= 11 is 1.30. The summed E-state index contributed by atoms with van der Waals surface area (Å²) in [7, 11) is 0. The molecule has 108 valence electrons. The molecule has 1 aromatic heterocycles. The highest BCUT2D eigenvalue weighted by atomic mass is 32.1. The van der Waals surface area contributed by atoms with Crippen LogP contribution in [0.25, 0.3) is 10.1 Å². The molecular weight excluding hydrogens is 291 g/mol. The van der Waals surface area contributed by atoms with E-state index in [-0.39, 0.29) is 12.1 Å². The third-order valence-electron chi connectivity index (χ3n) is 2.74. The van der Waals surface area contributed by atoms with E-state index in [2.05, 4.69) is 0 Å². The lowest BCUT2D eigenvalue weighted by atomic mass is 10.1. The van der Waals surface area contributed by atoms with E-state index in [4.69, 9.17) is 5.11 Å². The maximum atomic E-state index is 12.5. The van der Waals surface area contributed by atoms with Crippen molar-refractivity contribution < 1.29 is 23.1 Å². The third-order valence-corrected chi connectivity index (χ3v) is 3.70. The molecule has 1 heterocycles. The Bertz CT molecular complexity index is 609. The van der Waals surface area contributed by atoms with Crippen molar-refractivity contribution in [2.45, 2.75) is 6.18 Å². The van der Waals surface area contributed by atoms with Gasteiger partial charge in [0, 0.05) is 22.0 Å². The highest BCUT2D eigenvalue weighted by Gasteiger charge is 2.33. The van der Waals surface area contributed by atoms with E-state index in [1.165, 1.54) is 11.3 Å². The quantitative estimate of drug-likeness (QED) is 0.943. The van der Waals surface area contributed by atoms with E-state index in [1.807, 2.05) is 0 Å². The molecule has 0 atom stereocenters. The van der Waals surface area contributed by atoms with Gasteiger partial charge in [-0.15, -0.1) is 11.3 Å². The van der Waals surface area contributed by atoms with Crippen LogP contribution in [0.2, 0.25) is 0 Å². The first kappa shape index (κ1) is 14.8. The molecule has 7 heteroatoms. The van der Waals surface area contributed by atoms with Crippen LogP contribution in [-0.2, 0) is 0 Å². The number of aliphatic hydroxyl groups is 1. The molecule has 0 spiro atoms. The first-order valence-corrected chi connectivity index (χ1v) is 6.73. The van der Waals surface area contributed by atoms with Gasteiger partial charge in [-0.1, -0.05) is 18.2 Å². The molecule has 0 saturated heterocycles. The van der Waals surface area contributed by atoms with Gasteiger partial charge in [0.15, 0.2) is 0 Å². The van der Waals surface area contributed by atoms with E-state index >= 15 is 0 Å². The van der Waals surface area contributed by atoms with Crippen LogP contribution < -0.4 is 0 Å². The molecule has 0 saturated carbocycles. The van der Waals surface area contributed by atoms with E-state index in [9.17, 15) is 18.0 Å². The van der Waals surface area contributed by atoms with Crippen molar-refractivity contribution in [2.75, 3.05) is 19.7 Å². The van der Waals surface area contributed by atoms with Gasteiger partial charge < -0.3 is 10.0 Å².